The number of aryl methyl sites for hydroxylation is 1. The van der Waals surface area contributed by atoms with Crippen LogP contribution in [0.3, 0.4) is 0 Å². The van der Waals surface area contributed by atoms with Crippen LogP contribution in [0.4, 0.5) is 13.2 Å². The van der Waals surface area contributed by atoms with Gasteiger partial charge in [-0.1, -0.05) is 6.07 Å². The zero-order chi connectivity index (χ0) is 17.5. The van der Waals surface area contributed by atoms with Gasteiger partial charge in [0.25, 0.3) is 11.1 Å². The van der Waals surface area contributed by atoms with E-state index in [0.29, 0.717) is 5.65 Å². The topological polar surface area (TPSA) is 56.4 Å². The zero-order valence-corrected chi connectivity index (χ0v) is 12.5. The van der Waals surface area contributed by atoms with Crippen molar-refractivity contribution in [1.29, 1.82) is 0 Å². The van der Waals surface area contributed by atoms with Crippen molar-refractivity contribution in [1.82, 2.24) is 14.0 Å². The molecule has 124 valence electrons. The molecule has 0 N–H and O–H groups in total. The lowest BCUT2D eigenvalue weighted by Gasteiger charge is -2.11. The van der Waals surface area contributed by atoms with Crippen LogP contribution in [0.15, 0.2) is 52.3 Å². The van der Waals surface area contributed by atoms with Crippen molar-refractivity contribution in [2.75, 3.05) is 0 Å². The number of fused-ring (bicyclic) bond motifs is 1. The number of pyridine rings is 2. The number of rotatable bonds is 2. The van der Waals surface area contributed by atoms with Gasteiger partial charge in [0, 0.05) is 24.5 Å². The van der Waals surface area contributed by atoms with Crippen molar-refractivity contribution in [3.05, 3.63) is 80.3 Å². The Labute approximate surface area is 133 Å². The number of hydrogen-bond acceptors (Lipinski definition) is 3. The molecule has 24 heavy (non-hydrogen) atoms. The molecular formula is C16H12F3N3O2. The Morgan fingerprint density at radius 3 is 2.58 bits per heavy atom. The fraction of sp³-hybridized carbons (Fsp3) is 0.188. The van der Waals surface area contributed by atoms with Gasteiger partial charge in [0.05, 0.1) is 17.8 Å². The Hall–Kier alpha value is -2.90. The normalized spacial score (nSPS) is 11.8. The van der Waals surface area contributed by atoms with Crippen molar-refractivity contribution in [3.8, 4) is 0 Å². The highest BCUT2D eigenvalue weighted by Crippen LogP contribution is 2.28. The maximum atomic E-state index is 12.8. The lowest BCUT2D eigenvalue weighted by molar-refractivity contribution is -0.138. The molecule has 0 spiro atoms. The van der Waals surface area contributed by atoms with E-state index in [4.69, 9.17) is 0 Å². The molecule has 3 rings (SSSR count). The summed E-state index contributed by atoms with van der Waals surface area (Å²) in [6.45, 7) is 1.55. The lowest BCUT2D eigenvalue weighted by Crippen LogP contribution is -2.24. The van der Waals surface area contributed by atoms with Gasteiger partial charge in [-0.25, -0.2) is 4.98 Å². The SMILES string of the molecule is Cc1cccn2c(=O)cc(Cn3cc(C(F)(F)F)ccc3=O)nc12. The van der Waals surface area contributed by atoms with Crippen molar-refractivity contribution >= 4 is 5.65 Å². The predicted molar refractivity (Wildman–Crippen MR) is 81.0 cm³/mol. The minimum atomic E-state index is -4.55. The fourth-order valence-corrected chi connectivity index (χ4v) is 2.39. The molecule has 5 nitrogen and oxygen atoms in total. The predicted octanol–water partition coefficient (Wildman–Crippen LogP) is 2.23. The van der Waals surface area contributed by atoms with Crippen LogP contribution in [0.5, 0.6) is 0 Å². The van der Waals surface area contributed by atoms with Crippen molar-refractivity contribution < 1.29 is 13.2 Å². The number of halogens is 3. The first-order chi connectivity index (χ1) is 11.3. The average molecular weight is 335 g/mol. The molecule has 0 aliphatic rings. The van der Waals surface area contributed by atoms with Crippen LogP contribution in [0.2, 0.25) is 0 Å². The standard InChI is InChI=1S/C16H12F3N3O2/c1-10-3-2-6-22-14(24)7-12(20-15(10)22)9-21-8-11(16(17,18)19)4-5-13(21)23/h2-8H,9H2,1H3. The molecule has 0 saturated carbocycles. The first kappa shape index (κ1) is 16.0. The Kier molecular flexibility index (Phi) is 3.75. The van der Waals surface area contributed by atoms with E-state index in [1.165, 1.54) is 10.5 Å². The van der Waals surface area contributed by atoms with Crippen LogP contribution >= 0.6 is 0 Å². The Balaban J connectivity index is 2.09. The number of aromatic nitrogens is 3. The van der Waals surface area contributed by atoms with Crippen LogP contribution in [0.1, 0.15) is 16.8 Å². The molecule has 3 aromatic rings. The Morgan fingerprint density at radius 1 is 1.12 bits per heavy atom. The van der Waals surface area contributed by atoms with E-state index in [0.717, 1.165) is 28.5 Å². The minimum Gasteiger partial charge on any atom is -0.309 e. The first-order valence-electron chi connectivity index (χ1n) is 7.01. The third-order valence-corrected chi connectivity index (χ3v) is 3.58. The largest absolute Gasteiger partial charge is 0.417 e. The summed E-state index contributed by atoms with van der Waals surface area (Å²) in [7, 11) is 0. The average Bonchev–Trinajstić information content (AvgIpc) is 2.49. The highest BCUT2D eigenvalue weighted by atomic mass is 19.4. The zero-order valence-electron chi connectivity index (χ0n) is 12.5. The quantitative estimate of drug-likeness (QED) is 0.722. The highest BCUT2D eigenvalue weighted by Gasteiger charge is 2.31. The van der Waals surface area contributed by atoms with E-state index in [-0.39, 0.29) is 17.8 Å². The lowest BCUT2D eigenvalue weighted by atomic mass is 10.2. The molecule has 0 fully saturated rings. The van der Waals surface area contributed by atoms with E-state index in [9.17, 15) is 22.8 Å². The maximum absolute atomic E-state index is 12.8. The van der Waals surface area contributed by atoms with E-state index in [2.05, 4.69) is 4.98 Å². The van der Waals surface area contributed by atoms with Gasteiger partial charge in [-0.15, -0.1) is 0 Å². The summed E-state index contributed by atoms with van der Waals surface area (Å²) in [5, 5.41) is 0. The fourth-order valence-electron chi connectivity index (χ4n) is 2.39. The number of hydrogen-bond donors (Lipinski definition) is 0. The van der Waals surface area contributed by atoms with Gasteiger partial charge >= 0.3 is 6.18 Å². The van der Waals surface area contributed by atoms with E-state index in [1.54, 1.807) is 25.3 Å². The van der Waals surface area contributed by atoms with Gasteiger partial charge < -0.3 is 4.57 Å². The van der Waals surface area contributed by atoms with Gasteiger partial charge in [-0.2, -0.15) is 13.2 Å². The molecule has 0 atom stereocenters. The number of nitrogens with zero attached hydrogens (tertiary/aromatic N) is 3. The van der Waals surface area contributed by atoms with E-state index >= 15 is 0 Å². The second-order valence-corrected chi connectivity index (χ2v) is 5.35. The molecule has 8 heteroatoms. The third-order valence-electron chi connectivity index (χ3n) is 3.58. The van der Waals surface area contributed by atoms with Crippen LogP contribution < -0.4 is 11.1 Å². The Bertz CT molecular complexity index is 1040. The van der Waals surface area contributed by atoms with Gasteiger partial charge in [0.2, 0.25) is 0 Å². The van der Waals surface area contributed by atoms with Crippen molar-refractivity contribution in [2.24, 2.45) is 0 Å². The molecule has 0 amide bonds. The molecular weight excluding hydrogens is 323 g/mol. The molecule has 0 aliphatic carbocycles. The summed E-state index contributed by atoms with van der Waals surface area (Å²) in [5.74, 6) is 0. The van der Waals surface area contributed by atoms with Crippen LogP contribution in [0.25, 0.3) is 5.65 Å². The maximum Gasteiger partial charge on any atom is 0.417 e. The second kappa shape index (κ2) is 5.63. The molecule has 3 heterocycles. The van der Waals surface area contributed by atoms with Crippen molar-refractivity contribution in [2.45, 2.75) is 19.6 Å². The summed E-state index contributed by atoms with van der Waals surface area (Å²) in [5.41, 5.74) is -0.534. The molecule has 0 unspecified atom stereocenters. The molecule has 0 bridgehead atoms. The first-order valence-corrected chi connectivity index (χ1v) is 7.01. The second-order valence-electron chi connectivity index (χ2n) is 5.35. The summed E-state index contributed by atoms with van der Waals surface area (Å²) < 4.78 is 40.6. The van der Waals surface area contributed by atoms with Crippen LogP contribution in [-0.2, 0) is 12.7 Å². The monoisotopic (exact) mass is 335 g/mol. The minimum absolute atomic E-state index is 0.218. The molecule has 0 aliphatic heterocycles. The van der Waals surface area contributed by atoms with Crippen LogP contribution in [0, 0.1) is 6.92 Å². The van der Waals surface area contributed by atoms with Gasteiger partial charge in [0.1, 0.15) is 5.65 Å². The van der Waals surface area contributed by atoms with Crippen LogP contribution in [-0.4, -0.2) is 14.0 Å². The molecule has 0 aromatic carbocycles. The summed E-state index contributed by atoms with van der Waals surface area (Å²) in [4.78, 5) is 28.2. The van der Waals surface area contributed by atoms with Crippen molar-refractivity contribution in [3.63, 3.8) is 0 Å². The van der Waals surface area contributed by atoms with Gasteiger partial charge in [-0.05, 0) is 24.6 Å². The molecule has 0 saturated heterocycles. The summed E-state index contributed by atoms with van der Waals surface area (Å²) in [6, 6.07) is 6.25. The number of alkyl halides is 3. The van der Waals surface area contributed by atoms with Gasteiger partial charge in [-0.3, -0.25) is 14.0 Å². The molecule has 0 radical (unpaired) electrons. The highest BCUT2D eigenvalue weighted by molar-refractivity contribution is 5.46. The van der Waals surface area contributed by atoms with Gasteiger partial charge in [0.15, 0.2) is 0 Å². The van der Waals surface area contributed by atoms with E-state index < -0.39 is 17.3 Å². The van der Waals surface area contributed by atoms with E-state index in [1.807, 2.05) is 0 Å². The third kappa shape index (κ3) is 2.94. The smallest absolute Gasteiger partial charge is 0.309 e. The Morgan fingerprint density at radius 2 is 1.88 bits per heavy atom. The molecule has 3 aromatic heterocycles. The summed E-state index contributed by atoms with van der Waals surface area (Å²) >= 11 is 0. The summed E-state index contributed by atoms with van der Waals surface area (Å²) in [6.07, 6.45) is -2.27.